The Morgan fingerprint density at radius 1 is 1.07 bits per heavy atom. The lowest BCUT2D eigenvalue weighted by molar-refractivity contribution is -0.140. The van der Waals surface area contributed by atoms with Crippen LogP contribution in [0.5, 0.6) is 5.75 Å². The highest BCUT2D eigenvalue weighted by molar-refractivity contribution is 5.82. The van der Waals surface area contributed by atoms with Gasteiger partial charge in [-0.1, -0.05) is 0 Å². The number of aromatic nitrogens is 3. The lowest BCUT2D eigenvalue weighted by Gasteiger charge is -2.10. The molecule has 30 heavy (non-hydrogen) atoms. The number of benzene rings is 1. The summed E-state index contributed by atoms with van der Waals surface area (Å²) in [7, 11) is 3.13. The number of esters is 1. The number of pyridine rings is 1. The Bertz CT molecular complexity index is 940. The summed E-state index contributed by atoms with van der Waals surface area (Å²) < 4.78 is 18.0. The molecule has 0 aliphatic rings. The molecule has 3 aromatic rings. The van der Waals surface area contributed by atoms with Gasteiger partial charge < -0.3 is 18.8 Å². The van der Waals surface area contributed by atoms with Crippen molar-refractivity contribution in [2.24, 2.45) is 0 Å². The summed E-state index contributed by atoms with van der Waals surface area (Å²) >= 11 is 0. The van der Waals surface area contributed by atoms with Gasteiger partial charge in [0.15, 0.2) is 0 Å². The molecule has 0 spiro atoms. The molecule has 0 saturated heterocycles. The molecule has 2 heterocycles. The van der Waals surface area contributed by atoms with Crippen LogP contribution < -0.4 is 4.74 Å². The second-order valence-electron chi connectivity index (χ2n) is 7.06. The molecule has 0 radical (unpaired) electrons. The fourth-order valence-corrected chi connectivity index (χ4v) is 3.34. The summed E-state index contributed by atoms with van der Waals surface area (Å²) in [6, 6.07) is 9.93. The number of hydrogen-bond acceptors (Lipinski definition) is 6. The number of carbonyl (C=O) groups is 1. The Morgan fingerprint density at radius 2 is 1.97 bits per heavy atom. The number of nitrogens with zero attached hydrogens (tertiary/aromatic N) is 3. The van der Waals surface area contributed by atoms with Crippen LogP contribution in [0, 0.1) is 0 Å². The maximum atomic E-state index is 11.1. The number of fused-ring (bicyclic) bond motifs is 1. The quantitative estimate of drug-likeness (QED) is 0.328. The molecule has 0 unspecified atom stereocenters. The predicted molar refractivity (Wildman–Crippen MR) is 115 cm³/mol. The lowest BCUT2D eigenvalue weighted by Crippen LogP contribution is -2.04. The average Bonchev–Trinajstić information content (AvgIpc) is 3.14. The monoisotopic (exact) mass is 411 g/mol. The van der Waals surface area contributed by atoms with Crippen molar-refractivity contribution in [1.82, 2.24) is 14.5 Å². The molecule has 0 atom stereocenters. The summed E-state index contributed by atoms with van der Waals surface area (Å²) in [5.41, 5.74) is 2.95. The van der Waals surface area contributed by atoms with Crippen molar-refractivity contribution in [2.45, 2.75) is 38.6 Å². The van der Waals surface area contributed by atoms with E-state index in [0.717, 1.165) is 60.4 Å². The highest BCUT2D eigenvalue weighted by Gasteiger charge is 2.13. The third-order valence-corrected chi connectivity index (χ3v) is 4.89. The molecule has 0 N–H and O–H groups in total. The van der Waals surface area contributed by atoms with Crippen LogP contribution in [0.3, 0.4) is 0 Å². The maximum Gasteiger partial charge on any atom is 0.305 e. The van der Waals surface area contributed by atoms with E-state index in [0.29, 0.717) is 19.6 Å². The molecule has 160 valence electrons. The van der Waals surface area contributed by atoms with Gasteiger partial charge in [0.2, 0.25) is 0 Å². The van der Waals surface area contributed by atoms with E-state index in [9.17, 15) is 4.79 Å². The minimum absolute atomic E-state index is 0.160. The van der Waals surface area contributed by atoms with Gasteiger partial charge >= 0.3 is 5.97 Å². The zero-order valence-electron chi connectivity index (χ0n) is 17.7. The molecule has 0 saturated carbocycles. The Hall–Kier alpha value is -2.93. The minimum atomic E-state index is -0.160. The SMILES string of the molecule is COCCCn1c(-c2cccnc2)nc2ccc(OCCCCCC(=O)OC)cc21. The zero-order chi connectivity index (χ0) is 21.2. The number of carbonyl (C=O) groups excluding carboxylic acids is 1. The topological polar surface area (TPSA) is 75.5 Å². The Labute approximate surface area is 177 Å². The molecule has 0 aliphatic heterocycles. The number of hydrogen-bond donors (Lipinski definition) is 0. The van der Waals surface area contributed by atoms with Crippen LogP contribution in [0.2, 0.25) is 0 Å². The first kappa shape index (κ1) is 21.8. The lowest BCUT2D eigenvalue weighted by atomic mass is 10.2. The van der Waals surface area contributed by atoms with E-state index in [2.05, 4.69) is 14.3 Å². The molecule has 3 rings (SSSR count). The van der Waals surface area contributed by atoms with Crippen molar-refractivity contribution in [1.29, 1.82) is 0 Å². The van der Waals surface area contributed by atoms with Crippen molar-refractivity contribution in [3.8, 4) is 17.1 Å². The van der Waals surface area contributed by atoms with Gasteiger partial charge in [-0.25, -0.2) is 4.98 Å². The number of unbranched alkanes of at least 4 members (excludes halogenated alkanes) is 2. The molecule has 0 amide bonds. The molecule has 7 heteroatoms. The van der Waals surface area contributed by atoms with E-state index < -0.39 is 0 Å². The summed E-state index contributed by atoms with van der Waals surface area (Å²) in [6.07, 6.45) is 7.58. The van der Waals surface area contributed by atoms with Gasteiger partial charge in [-0.2, -0.15) is 0 Å². The standard InChI is InChI=1S/C23H29N3O4/c1-28-14-7-13-26-21-16-19(30-15-5-3-4-9-22(27)29-2)10-11-20(21)25-23(26)18-8-6-12-24-17-18/h6,8,10-12,16-17H,3-5,7,9,13-15H2,1-2H3. The van der Waals surface area contributed by atoms with Gasteiger partial charge in [0.1, 0.15) is 11.6 Å². The molecular weight excluding hydrogens is 382 g/mol. The van der Waals surface area contributed by atoms with E-state index >= 15 is 0 Å². The van der Waals surface area contributed by atoms with Crippen molar-refractivity contribution in [2.75, 3.05) is 27.4 Å². The molecule has 0 aliphatic carbocycles. The number of imidazole rings is 1. The fraction of sp³-hybridized carbons (Fsp3) is 0.435. The van der Waals surface area contributed by atoms with E-state index in [1.807, 2.05) is 36.5 Å². The summed E-state index contributed by atoms with van der Waals surface area (Å²) in [6.45, 7) is 2.10. The van der Waals surface area contributed by atoms with Crippen LogP contribution in [-0.2, 0) is 20.8 Å². The van der Waals surface area contributed by atoms with Crippen LogP contribution in [0.4, 0.5) is 0 Å². The Balaban J connectivity index is 1.70. The van der Waals surface area contributed by atoms with Gasteiger partial charge in [0.05, 0.1) is 24.8 Å². The van der Waals surface area contributed by atoms with Gasteiger partial charge in [-0.15, -0.1) is 0 Å². The number of aryl methyl sites for hydroxylation is 1. The first-order chi connectivity index (χ1) is 14.7. The number of ether oxygens (including phenoxy) is 3. The second-order valence-corrected chi connectivity index (χ2v) is 7.06. The molecule has 0 bridgehead atoms. The minimum Gasteiger partial charge on any atom is -0.494 e. The summed E-state index contributed by atoms with van der Waals surface area (Å²) in [4.78, 5) is 20.2. The highest BCUT2D eigenvalue weighted by Crippen LogP contribution is 2.28. The van der Waals surface area contributed by atoms with Crippen LogP contribution in [0.25, 0.3) is 22.4 Å². The molecule has 7 nitrogen and oxygen atoms in total. The van der Waals surface area contributed by atoms with E-state index in [4.69, 9.17) is 14.5 Å². The highest BCUT2D eigenvalue weighted by atomic mass is 16.5. The third-order valence-electron chi connectivity index (χ3n) is 4.89. The second kappa shape index (κ2) is 11.3. The molecule has 2 aromatic heterocycles. The smallest absolute Gasteiger partial charge is 0.305 e. The maximum absolute atomic E-state index is 11.1. The van der Waals surface area contributed by atoms with Crippen molar-refractivity contribution in [3.05, 3.63) is 42.7 Å². The third kappa shape index (κ3) is 5.79. The van der Waals surface area contributed by atoms with Gasteiger partial charge in [0.25, 0.3) is 0 Å². The van der Waals surface area contributed by atoms with Crippen LogP contribution >= 0.6 is 0 Å². The first-order valence-corrected chi connectivity index (χ1v) is 10.3. The number of rotatable bonds is 12. The van der Waals surface area contributed by atoms with E-state index in [1.54, 1.807) is 13.3 Å². The fourth-order valence-electron chi connectivity index (χ4n) is 3.34. The van der Waals surface area contributed by atoms with Crippen LogP contribution in [-0.4, -0.2) is 47.9 Å². The molecular formula is C23H29N3O4. The van der Waals surface area contributed by atoms with Crippen molar-refractivity contribution < 1.29 is 19.0 Å². The van der Waals surface area contributed by atoms with Gasteiger partial charge in [0, 0.05) is 50.7 Å². The van der Waals surface area contributed by atoms with Crippen LogP contribution in [0.1, 0.15) is 32.1 Å². The first-order valence-electron chi connectivity index (χ1n) is 10.3. The Morgan fingerprint density at radius 3 is 2.73 bits per heavy atom. The van der Waals surface area contributed by atoms with Crippen LogP contribution in [0.15, 0.2) is 42.7 Å². The van der Waals surface area contributed by atoms with Gasteiger partial charge in [-0.3, -0.25) is 9.78 Å². The number of methoxy groups -OCH3 is 2. The van der Waals surface area contributed by atoms with Crippen molar-refractivity contribution >= 4 is 17.0 Å². The van der Waals surface area contributed by atoms with E-state index in [1.165, 1.54) is 7.11 Å². The molecule has 0 fully saturated rings. The summed E-state index contributed by atoms with van der Waals surface area (Å²) in [5.74, 6) is 1.56. The van der Waals surface area contributed by atoms with Crippen molar-refractivity contribution in [3.63, 3.8) is 0 Å². The zero-order valence-corrected chi connectivity index (χ0v) is 17.7. The normalized spacial score (nSPS) is 11.0. The van der Waals surface area contributed by atoms with Gasteiger partial charge in [-0.05, 0) is 49.9 Å². The predicted octanol–water partition coefficient (Wildman–Crippen LogP) is 4.25. The largest absolute Gasteiger partial charge is 0.494 e. The molecule has 1 aromatic carbocycles. The summed E-state index contributed by atoms with van der Waals surface area (Å²) in [5, 5.41) is 0. The van der Waals surface area contributed by atoms with E-state index in [-0.39, 0.29) is 5.97 Å². The average molecular weight is 412 g/mol. The Kier molecular flexibility index (Phi) is 8.20.